The van der Waals surface area contributed by atoms with Crippen molar-refractivity contribution in [3.8, 4) is 5.75 Å². The van der Waals surface area contributed by atoms with Gasteiger partial charge in [0.15, 0.2) is 0 Å². The topological polar surface area (TPSA) is 26.3 Å². The van der Waals surface area contributed by atoms with E-state index in [0.29, 0.717) is 6.42 Å². The van der Waals surface area contributed by atoms with E-state index in [1.54, 1.807) is 7.11 Å². The quantitative estimate of drug-likeness (QED) is 0.752. The maximum atomic E-state index is 10.7. The highest BCUT2D eigenvalue weighted by Crippen LogP contribution is 2.28. The number of benzene rings is 1. The Hall–Kier alpha value is -1.02. The second kappa shape index (κ2) is 6.24. The third kappa shape index (κ3) is 4.34. The van der Waals surface area contributed by atoms with Crippen molar-refractivity contribution >= 4 is 16.8 Å². The van der Waals surface area contributed by atoms with E-state index in [1.165, 1.54) is 5.56 Å². The summed E-state index contributed by atoms with van der Waals surface area (Å²) in [6, 6.07) is 6.25. The molecule has 0 radical (unpaired) electrons. The number of halogens is 1. The van der Waals surface area contributed by atoms with Crippen LogP contribution in [0.15, 0.2) is 18.2 Å². The fraction of sp³-hybridized carbons (Fsp3) is 0.533. The van der Waals surface area contributed by atoms with Crippen LogP contribution in [0.1, 0.15) is 44.7 Å². The van der Waals surface area contributed by atoms with Crippen LogP contribution in [-0.4, -0.2) is 12.4 Å². The van der Waals surface area contributed by atoms with E-state index in [2.05, 4.69) is 32.9 Å². The van der Waals surface area contributed by atoms with Crippen molar-refractivity contribution in [2.24, 2.45) is 0 Å². The van der Waals surface area contributed by atoms with Gasteiger partial charge in [-0.05, 0) is 47.1 Å². The Morgan fingerprint density at radius 1 is 1.33 bits per heavy atom. The van der Waals surface area contributed by atoms with Gasteiger partial charge in [-0.25, -0.2) is 0 Å². The van der Waals surface area contributed by atoms with Crippen LogP contribution in [-0.2, 0) is 16.6 Å². The molecule has 0 aromatic heterocycles. The van der Waals surface area contributed by atoms with Crippen molar-refractivity contribution in [3.63, 3.8) is 0 Å². The van der Waals surface area contributed by atoms with Gasteiger partial charge in [0.05, 0.1) is 7.11 Å². The van der Waals surface area contributed by atoms with Crippen LogP contribution in [0.25, 0.3) is 0 Å². The normalized spacial score (nSPS) is 11.4. The van der Waals surface area contributed by atoms with Crippen LogP contribution in [0.5, 0.6) is 5.75 Å². The van der Waals surface area contributed by atoms with Crippen LogP contribution < -0.4 is 4.74 Å². The molecule has 1 aromatic rings. The highest BCUT2D eigenvalue weighted by Gasteiger charge is 2.15. The second-order valence-corrected chi connectivity index (χ2v) is 5.91. The number of carbonyl (C=O) groups is 1. The van der Waals surface area contributed by atoms with E-state index in [0.717, 1.165) is 24.2 Å². The van der Waals surface area contributed by atoms with Crippen molar-refractivity contribution in [2.75, 3.05) is 7.11 Å². The molecule has 0 unspecified atom stereocenters. The lowest BCUT2D eigenvalue weighted by Gasteiger charge is -2.21. The summed E-state index contributed by atoms with van der Waals surface area (Å²) in [5.74, 6) is 0.880. The number of aryl methyl sites for hydroxylation is 1. The first kappa shape index (κ1) is 15.0. The number of hydrogen-bond donors (Lipinski definition) is 0. The molecule has 3 heteroatoms. The van der Waals surface area contributed by atoms with Gasteiger partial charge in [-0.1, -0.05) is 32.9 Å². The Labute approximate surface area is 114 Å². The van der Waals surface area contributed by atoms with Gasteiger partial charge < -0.3 is 4.74 Å². The van der Waals surface area contributed by atoms with Gasteiger partial charge in [-0.15, -0.1) is 0 Å². The van der Waals surface area contributed by atoms with Crippen LogP contribution >= 0.6 is 11.6 Å². The second-order valence-electron chi connectivity index (χ2n) is 5.49. The Balaban J connectivity index is 2.89. The Kier molecular flexibility index (Phi) is 5.21. The zero-order chi connectivity index (χ0) is 13.8. The Morgan fingerprint density at radius 3 is 2.50 bits per heavy atom. The van der Waals surface area contributed by atoms with Crippen molar-refractivity contribution in [1.82, 2.24) is 0 Å². The molecule has 0 aliphatic heterocycles. The summed E-state index contributed by atoms with van der Waals surface area (Å²) >= 11 is 5.35. The minimum atomic E-state index is -0.277. The molecule has 1 rings (SSSR count). The lowest BCUT2D eigenvalue weighted by Crippen LogP contribution is -2.11. The van der Waals surface area contributed by atoms with Crippen LogP contribution in [0.2, 0.25) is 0 Å². The van der Waals surface area contributed by atoms with Gasteiger partial charge >= 0.3 is 0 Å². The van der Waals surface area contributed by atoms with Gasteiger partial charge in [-0.2, -0.15) is 0 Å². The van der Waals surface area contributed by atoms with Crippen LogP contribution in [0.3, 0.4) is 0 Å². The molecule has 0 fully saturated rings. The van der Waals surface area contributed by atoms with Crippen molar-refractivity contribution in [2.45, 2.75) is 45.4 Å². The van der Waals surface area contributed by atoms with E-state index in [9.17, 15) is 4.79 Å². The molecule has 100 valence electrons. The molecule has 0 bridgehead atoms. The third-order valence-electron chi connectivity index (χ3n) is 2.97. The lowest BCUT2D eigenvalue weighted by molar-refractivity contribution is -0.111. The first-order valence-corrected chi connectivity index (χ1v) is 6.58. The van der Waals surface area contributed by atoms with Gasteiger partial charge in [0.1, 0.15) is 5.75 Å². The molecular weight excluding hydrogens is 248 g/mol. The summed E-state index contributed by atoms with van der Waals surface area (Å²) in [4.78, 5) is 10.7. The monoisotopic (exact) mass is 268 g/mol. The minimum Gasteiger partial charge on any atom is -0.496 e. The van der Waals surface area contributed by atoms with E-state index >= 15 is 0 Å². The molecule has 1 aromatic carbocycles. The van der Waals surface area contributed by atoms with Gasteiger partial charge in [0.25, 0.3) is 0 Å². The number of methoxy groups -OCH3 is 1. The number of hydrogen-bond acceptors (Lipinski definition) is 2. The van der Waals surface area contributed by atoms with Crippen LogP contribution in [0.4, 0.5) is 0 Å². The fourth-order valence-corrected chi connectivity index (χ4v) is 1.99. The summed E-state index contributed by atoms with van der Waals surface area (Å²) in [5, 5.41) is -0.277. The molecule has 0 aliphatic rings. The number of ether oxygens (including phenoxy) is 1. The minimum absolute atomic E-state index is 0.114. The Morgan fingerprint density at radius 2 is 2.00 bits per heavy atom. The first-order valence-electron chi connectivity index (χ1n) is 6.20. The average molecular weight is 269 g/mol. The van der Waals surface area contributed by atoms with E-state index in [4.69, 9.17) is 16.3 Å². The smallest absolute Gasteiger partial charge is 0.221 e. The van der Waals surface area contributed by atoms with Gasteiger partial charge in [0.2, 0.25) is 5.24 Å². The molecule has 2 nitrogen and oxygen atoms in total. The van der Waals surface area contributed by atoms with Crippen molar-refractivity contribution in [3.05, 3.63) is 29.3 Å². The molecule has 18 heavy (non-hydrogen) atoms. The summed E-state index contributed by atoms with van der Waals surface area (Å²) in [7, 11) is 1.67. The fourth-order valence-electron chi connectivity index (χ4n) is 1.86. The largest absolute Gasteiger partial charge is 0.496 e. The highest BCUT2D eigenvalue weighted by molar-refractivity contribution is 6.63. The summed E-state index contributed by atoms with van der Waals surface area (Å²) in [6.45, 7) is 6.54. The summed E-state index contributed by atoms with van der Waals surface area (Å²) in [5.41, 5.74) is 2.53. The number of rotatable bonds is 5. The van der Waals surface area contributed by atoms with Crippen LogP contribution in [0, 0.1) is 0 Å². The summed E-state index contributed by atoms with van der Waals surface area (Å²) < 4.78 is 5.35. The molecule has 0 atom stereocenters. The zero-order valence-corrected chi connectivity index (χ0v) is 12.3. The van der Waals surface area contributed by atoms with Crippen molar-refractivity contribution < 1.29 is 9.53 Å². The first-order chi connectivity index (χ1) is 8.34. The maximum Gasteiger partial charge on any atom is 0.221 e. The lowest BCUT2D eigenvalue weighted by atomic mass is 9.85. The standard InChI is InChI=1S/C15H21ClO2/c1-15(2,3)12-8-9-13(18-4)11(10-12)6-5-7-14(16)17/h8-10H,5-7H2,1-4H3. The molecule has 0 saturated carbocycles. The maximum absolute atomic E-state index is 10.7. The molecule has 0 aliphatic carbocycles. The zero-order valence-electron chi connectivity index (χ0n) is 11.5. The molecule has 0 saturated heterocycles. The third-order valence-corrected chi connectivity index (χ3v) is 3.15. The van der Waals surface area contributed by atoms with Gasteiger partial charge in [-0.3, -0.25) is 4.79 Å². The van der Waals surface area contributed by atoms with Gasteiger partial charge in [0, 0.05) is 6.42 Å². The van der Waals surface area contributed by atoms with Crippen molar-refractivity contribution in [1.29, 1.82) is 0 Å². The van der Waals surface area contributed by atoms with E-state index in [1.807, 2.05) is 6.07 Å². The van der Waals surface area contributed by atoms with E-state index < -0.39 is 0 Å². The average Bonchev–Trinajstić information content (AvgIpc) is 2.27. The predicted molar refractivity (Wildman–Crippen MR) is 75.5 cm³/mol. The molecular formula is C15H21ClO2. The predicted octanol–water partition coefficient (Wildman–Crippen LogP) is 4.08. The molecule has 0 spiro atoms. The highest BCUT2D eigenvalue weighted by atomic mass is 35.5. The van der Waals surface area contributed by atoms with E-state index in [-0.39, 0.29) is 10.7 Å². The molecule has 0 N–H and O–H groups in total. The summed E-state index contributed by atoms with van der Waals surface area (Å²) in [6.07, 6.45) is 1.97. The Bertz CT molecular complexity index is 419. The SMILES string of the molecule is COc1ccc(C(C)(C)C)cc1CCCC(=O)Cl. The molecule has 0 amide bonds. The molecule has 0 heterocycles. The number of carbonyl (C=O) groups excluding carboxylic acids is 1.